The Morgan fingerprint density at radius 1 is 1.19 bits per heavy atom. The SMILES string of the molecule is CN1/C(=C\C(=O)COC(=O)c2nc(Cl)ccc2Cl)C(C)(C)c2ccccc21. The fourth-order valence-corrected chi connectivity index (χ4v) is 3.55. The van der Waals surface area contributed by atoms with Gasteiger partial charge in [0.05, 0.1) is 5.02 Å². The smallest absolute Gasteiger partial charge is 0.359 e. The van der Waals surface area contributed by atoms with Gasteiger partial charge in [-0.3, -0.25) is 4.79 Å². The Morgan fingerprint density at radius 3 is 2.59 bits per heavy atom. The van der Waals surface area contributed by atoms with Crippen LogP contribution in [0.4, 0.5) is 5.69 Å². The highest BCUT2D eigenvalue weighted by atomic mass is 35.5. The molecular weight excluding hydrogens is 387 g/mol. The number of esters is 1. The standard InChI is InChI=1S/C20H18Cl2N2O3/c1-20(2)13-6-4-5-7-15(13)24(3)16(20)10-12(25)11-27-19(26)18-14(21)8-9-17(22)23-18/h4-10H,11H2,1-3H3/b16-10-. The number of para-hydroxylation sites is 1. The van der Waals surface area contributed by atoms with Gasteiger partial charge in [0.1, 0.15) is 5.15 Å². The molecule has 1 aliphatic heterocycles. The third-order valence-electron chi connectivity index (χ3n) is 4.59. The number of ether oxygens (including phenoxy) is 1. The largest absolute Gasteiger partial charge is 0.453 e. The maximum Gasteiger partial charge on any atom is 0.359 e. The Balaban J connectivity index is 1.74. The van der Waals surface area contributed by atoms with Gasteiger partial charge >= 0.3 is 5.97 Å². The number of carbonyl (C=O) groups is 2. The summed E-state index contributed by atoms with van der Waals surface area (Å²) in [6, 6.07) is 10.9. The van der Waals surface area contributed by atoms with Crippen molar-refractivity contribution in [1.29, 1.82) is 0 Å². The summed E-state index contributed by atoms with van der Waals surface area (Å²) in [5.74, 6) is -1.12. The Hall–Kier alpha value is -2.37. The van der Waals surface area contributed by atoms with E-state index in [1.54, 1.807) is 0 Å². The molecule has 27 heavy (non-hydrogen) atoms. The van der Waals surface area contributed by atoms with Crippen LogP contribution in [0, 0.1) is 0 Å². The molecule has 0 spiro atoms. The number of rotatable bonds is 4. The molecule has 2 heterocycles. The summed E-state index contributed by atoms with van der Waals surface area (Å²) in [4.78, 5) is 30.3. The molecule has 0 bridgehead atoms. The zero-order valence-corrected chi connectivity index (χ0v) is 16.6. The molecular formula is C20H18Cl2N2O3. The molecule has 1 aromatic carbocycles. The number of nitrogens with zero attached hydrogens (tertiary/aromatic N) is 2. The number of fused-ring (bicyclic) bond motifs is 1. The summed E-state index contributed by atoms with van der Waals surface area (Å²) >= 11 is 11.7. The van der Waals surface area contributed by atoms with Crippen molar-refractivity contribution in [3.8, 4) is 0 Å². The number of ketones is 1. The molecule has 3 rings (SSSR count). The van der Waals surface area contributed by atoms with Gasteiger partial charge in [-0.1, -0.05) is 55.2 Å². The van der Waals surface area contributed by atoms with Crippen molar-refractivity contribution in [2.45, 2.75) is 19.3 Å². The third kappa shape index (κ3) is 3.70. The summed E-state index contributed by atoms with van der Waals surface area (Å²) in [6.07, 6.45) is 1.51. The molecule has 1 aromatic heterocycles. The highest BCUT2D eigenvalue weighted by molar-refractivity contribution is 6.34. The molecule has 0 radical (unpaired) electrons. The predicted molar refractivity (Wildman–Crippen MR) is 106 cm³/mol. The lowest BCUT2D eigenvalue weighted by Gasteiger charge is -2.23. The molecule has 5 nitrogen and oxygen atoms in total. The van der Waals surface area contributed by atoms with Crippen LogP contribution in [0.25, 0.3) is 0 Å². The molecule has 0 aliphatic carbocycles. The number of hydrogen-bond acceptors (Lipinski definition) is 5. The van der Waals surface area contributed by atoms with Gasteiger partial charge in [0.2, 0.25) is 0 Å². The van der Waals surface area contributed by atoms with Crippen LogP contribution < -0.4 is 4.90 Å². The molecule has 2 aromatic rings. The topological polar surface area (TPSA) is 59.5 Å². The van der Waals surface area contributed by atoms with E-state index >= 15 is 0 Å². The second kappa shape index (κ2) is 7.33. The van der Waals surface area contributed by atoms with E-state index < -0.39 is 12.6 Å². The van der Waals surface area contributed by atoms with Gasteiger partial charge in [0.15, 0.2) is 18.1 Å². The summed E-state index contributed by atoms with van der Waals surface area (Å²) in [6.45, 7) is 3.69. The molecule has 0 saturated heterocycles. The van der Waals surface area contributed by atoms with Crippen molar-refractivity contribution >= 4 is 40.6 Å². The summed E-state index contributed by atoms with van der Waals surface area (Å²) < 4.78 is 5.06. The van der Waals surface area contributed by atoms with E-state index in [-0.39, 0.29) is 27.1 Å². The molecule has 0 atom stereocenters. The first-order valence-corrected chi connectivity index (χ1v) is 9.05. The fourth-order valence-electron chi connectivity index (χ4n) is 3.22. The average molecular weight is 405 g/mol. The Morgan fingerprint density at radius 2 is 1.89 bits per heavy atom. The van der Waals surface area contributed by atoms with Crippen molar-refractivity contribution in [1.82, 2.24) is 4.98 Å². The molecule has 0 fully saturated rings. The highest BCUT2D eigenvalue weighted by Gasteiger charge is 2.38. The van der Waals surface area contributed by atoms with Crippen LogP contribution in [0.1, 0.15) is 29.9 Å². The van der Waals surface area contributed by atoms with Gasteiger partial charge in [-0.2, -0.15) is 0 Å². The number of halogens is 2. The Labute approximate surface area is 167 Å². The molecule has 140 valence electrons. The predicted octanol–water partition coefficient (Wildman–Crippen LogP) is 4.43. The first-order chi connectivity index (χ1) is 12.7. The van der Waals surface area contributed by atoms with E-state index in [9.17, 15) is 9.59 Å². The van der Waals surface area contributed by atoms with Crippen molar-refractivity contribution < 1.29 is 14.3 Å². The zero-order chi connectivity index (χ0) is 19.8. The number of likely N-dealkylation sites (N-methyl/N-ethyl adjacent to an activating group) is 1. The van der Waals surface area contributed by atoms with E-state index in [0.29, 0.717) is 0 Å². The first-order valence-electron chi connectivity index (χ1n) is 8.29. The quantitative estimate of drug-likeness (QED) is 0.428. The van der Waals surface area contributed by atoms with Crippen LogP contribution in [-0.4, -0.2) is 30.4 Å². The number of aromatic nitrogens is 1. The molecule has 0 amide bonds. The summed E-state index contributed by atoms with van der Waals surface area (Å²) in [5, 5.41) is 0.231. The lowest BCUT2D eigenvalue weighted by Crippen LogP contribution is -2.25. The molecule has 0 saturated carbocycles. The maximum atomic E-state index is 12.4. The van der Waals surface area contributed by atoms with Gasteiger partial charge in [-0.25, -0.2) is 9.78 Å². The molecule has 1 aliphatic rings. The number of anilines is 1. The second-order valence-electron chi connectivity index (χ2n) is 6.74. The van der Waals surface area contributed by atoms with E-state index in [1.165, 1.54) is 18.2 Å². The minimum atomic E-state index is -0.795. The lowest BCUT2D eigenvalue weighted by atomic mass is 9.83. The number of allylic oxidation sites excluding steroid dienone is 1. The van der Waals surface area contributed by atoms with Crippen LogP contribution in [-0.2, 0) is 14.9 Å². The van der Waals surface area contributed by atoms with Crippen LogP contribution in [0.3, 0.4) is 0 Å². The molecule has 0 N–H and O–H groups in total. The van der Waals surface area contributed by atoms with E-state index in [2.05, 4.69) is 18.8 Å². The number of carbonyl (C=O) groups excluding carboxylic acids is 2. The Kier molecular flexibility index (Phi) is 5.27. The van der Waals surface area contributed by atoms with E-state index in [1.807, 2.05) is 36.2 Å². The van der Waals surface area contributed by atoms with E-state index in [4.69, 9.17) is 27.9 Å². The van der Waals surface area contributed by atoms with Gasteiger partial charge in [-0.05, 0) is 23.8 Å². The normalized spacial score (nSPS) is 16.3. The molecule has 7 heteroatoms. The van der Waals surface area contributed by atoms with Gasteiger partial charge in [0, 0.05) is 29.9 Å². The van der Waals surface area contributed by atoms with Crippen molar-refractivity contribution in [2.75, 3.05) is 18.6 Å². The maximum absolute atomic E-state index is 12.4. The first kappa shape index (κ1) is 19.4. The molecule has 0 unspecified atom stereocenters. The average Bonchev–Trinajstić information content (AvgIpc) is 2.83. The number of hydrogen-bond donors (Lipinski definition) is 0. The van der Waals surface area contributed by atoms with Crippen LogP contribution in [0.2, 0.25) is 10.2 Å². The van der Waals surface area contributed by atoms with Gasteiger partial charge in [0.25, 0.3) is 0 Å². The third-order valence-corrected chi connectivity index (χ3v) is 5.10. The van der Waals surface area contributed by atoms with Gasteiger partial charge in [-0.15, -0.1) is 0 Å². The number of benzene rings is 1. The highest BCUT2D eigenvalue weighted by Crippen LogP contribution is 2.46. The fraction of sp³-hybridized carbons (Fsp3) is 0.250. The van der Waals surface area contributed by atoms with Crippen LogP contribution in [0.5, 0.6) is 0 Å². The minimum absolute atomic E-state index is 0.113. The van der Waals surface area contributed by atoms with Gasteiger partial charge < -0.3 is 9.64 Å². The summed E-state index contributed by atoms with van der Waals surface area (Å²) in [5.41, 5.74) is 2.58. The van der Waals surface area contributed by atoms with Crippen molar-refractivity contribution in [3.05, 3.63) is 69.6 Å². The monoisotopic (exact) mass is 404 g/mol. The number of pyridine rings is 1. The zero-order valence-electron chi connectivity index (χ0n) is 15.1. The van der Waals surface area contributed by atoms with Crippen LogP contribution in [0.15, 0.2) is 48.2 Å². The second-order valence-corrected chi connectivity index (χ2v) is 7.53. The lowest BCUT2D eigenvalue weighted by molar-refractivity contribution is -0.117. The summed E-state index contributed by atoms with van der Waals surface area (Å²) in [7, 11) is 1.91. The van der Waals surface area contributed by atoms with Crippen LogP contribution >= 0.6 is 23.2 Å². The van der Waals surface area contributed by atoms with Crippen molar-refractivity contribution in [3.63, 3.8) is 0 Å². The minimum Gasteiger partial charge on any atom is -0.453 e. The Bertz CT molecular complexity index is 954. The van der Waals surface area contributed by atoms with Crippen molar-refractivity contribution in [2.24, 2.45) is 0 Å². The van der Waals surface area contributed by atoms with E-state index in [0.717, 1.165) is 16.9 Å².